The maximum Gasteiger partial charge on any atom is -0.00406 e. The molecule has 74 valence electrons. The fourth-order valence-electron chi connectivity index (χ4n) is 2.34. The van der Waals surface area contributed by atoms with Crippen molar-refractivity contribution in [2.24, 2.45) is 5.92 Å². The van der Waals surface area contributed by atoms with Gasteiger partial charge in [0, 0.05) is 0 Å². The number of rotatable bonds is 3. The van der Waals surface area contributed by atoms with Gasteiger partial charge in [-0.15, -0.1) is 6.58 Å². The molecule has 0 bridgehead atoms. The number of hydrogen-bond acceptors (Lipinski definition) is 0. The molecule has 0 saturated heterocycles. The fraction of sp³-hybridized carbons (Fsp3) is 0.429. The first-order chi connectivity index (χ1) is 6.63. The number of hydrogen-bond donors (Lipinski definition) is 0. The first kappa shape index (κ1) is 9.51. The lowest BCUT2D eigenvalue weighted by atomic mass is 9.93. The van der Waals surface area contributed by atoms with E-state index in [4.69, 9.17) is 0 Å². The molecule has 0 spiro atoms. The normalized spacial score (nSPS) is 30.0. The predicted octanol–water partition coefficient (Wildman–Crippen LogP) is 3.93. The molecule has 0 aliphatic heterocycles. The Kier molecular flexibility index (Phi) is 2.22. The predicted molar refractivity (Wildman–Crippen MR) is 61.3 cm³/mol. The van der Waals surface area contributed by atoms with Crippen molar-refractivity contribution in [1.82, 2.24) is 0 Å². The minimum absolute atomic E-state index is 0.431. The van der Waals surface area contributed by atoms with E-state index in [0.29, 0.717) is 5.41 Å². The Hall–Kier alpha value is -1.04. The Morgan fingerprint density at radius 3 is 2.64 bits per heavy atom. The van der Waals surface area contributed by atoms with Crippen molar-refractivity contribution in [2.75, 3.05) is 0 Å². The highest BCUT2D eigenvalue weighted by atomic mass is 14.5. The fourth-order valence-corrected chi connectivity index (χ4v) is 2.34. The third kappa shape index (κ3) is 1.61. The van der Waals surface area contributed by atoms with Crippen molar-refractivity contribution < 1.29 is 0 Å². The van der Waals surface area contributed by atoms with Crippen LogP contribution in [0.5, 0.6) is 0 Å². The first-order valence-electron chi connectivity index (χ1n) is 5.33. The second-order valence-corrected chi connectivity index (χ2v) is 4.85. The van der Waals surface area contributed by atoms with E-state index in [1.807, 2.05) is 0 Å². The second kappa shape index (κ2) is 3.27. The van der Waals surface area contributed by atoms with E-state index in [9.17, 15) is 0 Å². The van der Waals surface area contributed by atoms with Crippen LogP contribution >= 0.6 is 0 Å². The van der Waals surface area contributed by atoms with Crippen LogP contribution in [0, 0.1) is 5.92 Å². The highest BCUT2D eigenvalue weighted by molar-refractivity contribution is 5.33. The van der Waals surface area contributed by atoms with Gasteiger partial charge in [-0.1, -0.05) is 42.8 Å². The molecule has 0 heteroatoms. The molecule has 0 amide bonds. The molecule has 0 unspecified atom stereocenters. The highest BCUT2D eigenvalue weighted by Gasteiger charge is 2.50. The zero-order valence-electron chi connectivity index (χ0n) is 9.09. The zero-order chi connectivity index (χ0) is 10.2. The van der Waals surface area contributed by atoms with E-state index in [0.717, 1.165) is 5.92 Å². The van der Waals surface area contributed by atoms with Gasteiger partial charge in [-0.05, 0) is 36.7 Å². The van der Waals surface area contributed by atoms with Crippen LogP contribution in [0.3, 0.4) is 0 Å². The molecule has 2 rings (SSSR count). The van der Waals surface area contributed by atoms with Gasteiger partial charge < -0.3 is 0 Å². The quantitative estimate of drug-likeness (QED) is 0.627. The number of allylic oxidation sites excluding steroid dienone is 1. The largest absolute Gasteiger partial charge is 0.100 e. The summed E-state index contributed by atoms with van der Waals surface area (Å²) in [6, 6.07) is 10.9. The van der Waals surface area contributed by atoms with Crippen LogP contribution in [0.4, 0.5) is 0 Å². The monoisotopic (exact) mass is 186 g/mol. The number of benzene rings is 1. The lowest BCUT2D eigenvalue weighted by Crippen LogP contribution is -2.04. The summed E-state index contributed by atoms with van der Waals surface area (Å²) < 4.78 is 0. The van der Waals surface area contributed by atoms with Crippen molar-refractivity contribution in [2.45, 2.75) is 32.1 Å². The molecule has 1 aliphatic rings. The van der Waals surface area contributed by atoms with E-state index >= 15 is 0 Å². The Morgan fingerprint density at radius 1 is 1.43 bits per heavy atom. The molecule has 0 radical (unpaired) electrons. The zero-order valence-corrected chi connectivity index (χ0v) is 9.09. The third-order valence-electron chi connectivity index (χ3n) is 3.44. The molecule has 0 N–H and O–H groups in total. The average molecular weight is 186 g/mol. The van der Waals surface area contributed by atoms with Crippen LogP contribution in [0.15, 0.2) is 42.5 Å². The van der Waals surface area contributed by atoms with Crippen LogP contribution in [0.25, 0.3) is 0 Å². The molecular weight excluding hydrogens is 168 g/mol. The summed E-state index contributed by atoms with van der Waals surface area (Å²) in [5.41, 5.74) is 3.24. The SMILES string of the molecule is C=C(C)C[C@H]1C[C@]1(C)c1ccccc1. The topological polar surface area (TPSA) is 0 Å². The van der Waals surface area contributed by atoms with Crippen molar-refractivity contribution in [1.29, 1.82) is 0 Å². The second-order valence-electron chi connectivity index (χ2n) is 4.85. The molecule has 14 heavy (non-hydrogen) atoms. The Bertz CT molecular complexity index is 336. The lowest BCUT2D eigenvalue weighted by Gasteiger charge is -2.11. The van der Waals surface area contributed by atoms with Crippen molar-refractivity contribution >= 4 is 0 Å². The lowest BCUT2D eigenvalue weighted by molar-refractivity contribution is 0.653. The van der Waals surface area contributed by atoms with E-state index < -0.39 is 0 Å². The van der Waals surface area contributed by atoms with E-state index in [2.05, 4.69) is 50.8 Å². The van der Waals surface area contributed by atoms with Crippen LogP contribution in [0.2, 0.25) is 0 Å². The standard InChI is InChI=1S/C14H18/c1-11(2)9-13-10-14(13,3)12-7-5-4-6-8-12/h4-8,13H,1,9-10H2,2-3H3/t13-,14+/m0/s1. The van der Waals surface area contributed by atoms with Gasteiger partial charge in [0.05, 0.1) is 0 Å². The Balaban J connectivity index is 2.11. The average Bonchev–Trinajstić information content (AvgIpc) is 2.79. The van der Waals surface area contributed by atoms with E-state index in [-0.39, 0.29) is 0 Å². The maximum absolute atomic E-state index is 3.99. The molecule has 1 aromatic carbocycles. The summed E-state index contributed by atoms with van der Waals surface area (Å²) in [4.78, 5) is 0. The van der Waals surface area contributed by atoms with Crippen molar-refractivity contribution in [3.8, 4) is 0 Å². The highest BCUT2D eigenvalue weighted by Crippen LogP contribution is 2.56. The van der Waals surface area contributed by atoms with Crippen LogP contribution in [-0.4, -0.2) is 0 Å². The van der Waals surface area contributed by atoms with E-state index in [1.165, 1.54) is 24.0 Å². The van der Waals surface area contributed by atoms with Crippen molar-refractivity contribution in [3.05, 3.63) is 48.0 Å². The van der Waals surface area contributed by atoms with Gasteiger partial charge in [0.25, 0.3) is 0 Å². The van der Waals surface area contributed by atoms with Gasteiger partial charge in [-0.25, -0.2) is 0 Å². The maximum atomic E-state index is 3.99. The summed E-state index contributed by atoms with van der Waals surface area (Å²) in [6.45, 7) is 8.49. The van der Waals surface area contributed by atoms with Crippen LogP contribution in [0.1, 0.15) is 32.3 Å². The molecule has 1 fully saturated rings. The molecule has 1 aromatic rings. The van der Waals surface area contributed by atoms with Crippen molar-refractivity contribution in [3.63, 3.8) is 0 Å². The summed E-state index contributed by atoms with van der Waals surface area (Å²) in [7, 11) is 0. The smallest absolute Gasteiger partial charge is 0.00406 e. The summed E-state index contributed by atoms with van der Waals surface area (Å²) in [5, 5.41) is 0. The Labute approximate surface area is 86.7 Å². The molecule has 0 nitrogen and oxygen atoms in total. The molecular formula is C14H18. The molecule has 1 saturated carbocycles. The summed E-state index contributed by atoms with van der Waals surface area (Å²) in [5.74, 6) is 0.822. The van der Waals surface area contributed by atoms with Gasteiger partial charge in [-0.3, -0.25) is 0 Å². The molecule has 2 atom stereocenters. The van der Waals surface area contributed by atoms with Gasteiger partial charge in [0.1, 0.15) is 0 Å². The first-order valence-corrected chi connectivity index (χ1v) is 5.33. The Morgan fingerprint density at radius 2 is 2.07 bits per heavy atom. The van der Waals surface area contributed by atoms with Gasteiger partial charge in [0.15, 0.2) is 0 Å². The summed E-state index contributed by atoms with van der Waals surface area (Å²) in [6.07, 6.45) is 2.51. The molecule has 0 aromatic heterocycles. The molecule has 0 heterocycles. The van der Waals surface area contributed by atoms with Crippen LogP contribution < -0.4 is 0 Å². The van der Waals surface area contributed by atoms with Gasteiger partial charge in [0.2, 0.25) is 0 Å². The van der Waals surface area contributed by atoms with E-state index in [1.54, 1.807) is 0 Å². The van der Waals surface area contributed by atoms with Gasteiger partial charge in [-0.2, -0.15) is 0 Å². The molecule has 1 aliphatic carbocycles. The van der Waals surface area contributed by atoms with Crippen LogP contribution in [-0.2, 0) is 5.41 Å². The third-order valence-corrected chi connectivity index (χ3v) is 3.44. The summed E-state index contributed by atoms with van der Waals surface area (Å²) >= 11 is 0. The minimum atomic E-state index is 0.431. The van der Waals surface area contributed by atoms with Gasteiger partial charge >= 0.3 is 0 Å². The minimum Gasteiger partial charge on any atom is -0.100 e.